The number of anilines is 1. The van der Waals surface area contributed by atoms with Crippen molar-refractivity contribution in [1.82, 2.24) is 0 Å². The fraction of sp³-hybridized carbons (Fsp3) is 0.458. The Hall–Kier alpha value is -2.29. The molecule has 0 fully saturated rings. The zero-order chi connectivity index (χ0) is 19.6. The van der Waals surface area contributed by atoms with Gasteiger partial charge in [0.25, 0.3) is 0 Å². The maximum atomic E-state index is 11.2. The third-order valence-electron chi connectivity index (χ3n) is 4.24. The summed E-state index contributed by atoms with van der Waals surface area (Å²) >= 11 is 0. The number of rotatable bonds is 15. The molecule has 0 bridgehead atoms. The molecule has 0 heterocycles. The van der Waals surface area contributed by atoms with Crippen LogP contribution in [0.5, 0.6) is 0 Å². The van der Waals surface area contributed by atoms with Crippen molar-refractivity contribution >= 4 is 17.7 Å². The Labute approximate surface area is 165 Å². The summed E-state index contributed by atoms with van der Waals surface area (Å²) in [6.07, 6.45) is 19.3. The second-order valence-corrected chi connectivity index (χ2v) is 6.57. The van der Waals surface area contributed by atoms with Gasteiger partial charge >= 0.3 is 5.97 Å². The van der Waals surface area contributed by atoms with Gasteiger partial charge in [-0.2, -0.15) is 0 Å². The van der Waals surface area contributed by atoms with E-state index in [1.165, 1.54) is 51.0 Å². The van der Waals surface area contributed by atoms with E-state index in [9.17, 15) is 4.79 Å². The highest BCUT2D eigenvalue weighted by molar-refractivity contribution is 5.82. The molecule has 0 atom stereocenters. The molecule has 148 valence electrons. The van der Waals surface area contributed by atoms with Crippen LogP contribution in [-0.4, -0.2) is 19.1 Å². The van der Waals surface area contributed by atoms with Gasteiger partial charge in [0.1, 0.15) is 0 Å². The number of ether oxygens (including phenoxy) is 1. The lowest BCUT2D eigenvalue weighted by atomic mass is 10.1. The Morgan fingerprint density at radius 2 is 1.67 bits per heavy atom. The molecule has 0 saturated carbocycles. The molecule has 0 unspecified atom stereocenters. The fourth-order valence-electron chi connectivity index (χ4n) is 2.73. The van der Waals surface area contributed by atoms with Gasteiger partial charge in [0, 0.05) is 18.3 Å². The molecule has 0 spiro atoms. The average Bonchev–Trinajstić information content (AvgIpc) is 2.68. The van der Waals surface area contributed by atoms with Crippen molar-refractivity contribution in [3.8, 4) is 0 Å². The van der Waals surface area contributed by atoms with E-state index >= 15 is 0 Å². The Bertz CT molecular complexity index is 573. The average molecular weight is 370 g/mol. The second-order valence-electron chi connectivity index (χ2n) is 6.57. The zero-order valence-corrected chi connectivity index (χ0v) is 16.8. The lowest BCUT2D eigenvalue weighted by Gasteiger charge is -2.06. The van der Waals surface area contributed by atoms with Crippen molar-refractivity contribution < 1.29 is 9.53 Å². The molecule has 1 aromatic rings. The van der Waals surface area contributed by atoms with Crippen LogP contribution in [0.1, 0.15) is 63.9 Å². The van der Waals surface area contributed by atoms with E-state index in [1.54, 1.807) is 13.0 Å². The van der Waals surface area contributed by atoms with Gasteiger partial charge in [-0.1, -0.05) is 68.5 Å². The van der Waals surface area contributed by atoms with E-state index in [4.69, 9.17) is 4.74 Å². The van der Waals surface area contributed by atoms with Crippen LogP contribution in [-0.2, 0) is 9.53 Å². The van der Waals surface area contributed by atoms with Crippen LogP contribution in [0.3, 0.4) is 0 Å². The highest BCUT2D eigenvalue weighted by Gasteiger charge is 1.94. The number of benzene rings is 1. The summed E-state index contributed by atoms with van der Waals surface area (Å²) in [6, 6.07) is 8.32. The number of hydrogen-bond acceptors (Lipinski definition) is 3. The molecule has 1 N–H and O–H groups in total. The predicted molar refractivity (Wildman–Crippen MR) is 117 cm³/mol. The van der Waals surface area contributed by atoms with Crippen molar-refractivity contribution in [2.75, 3.05) is 18.5 Å². The molecule has 0 aliphatic heterocycles. The van der Waals surface area contributed by atoms with Gasteiger partial charge < -0.3 is 10.1 Å². The number of allylic oxidation sites excluding steroid dienone is 3. The monoisotopic (exact) mass is 369 g/mol. The molecule has 1 rings (SSSR count). The van der Waals surface area contributed by atoms with Crippen molar-refractivity contribution in [1.29, 1.82) is 0 Å². The first-order chi connectivity index (χ1) is 13.3. The lowest BCUT2D eigenvalue weighted by Crippen LogP contribution is -2.01. The standard InChI is InChI=1S/C24H35NO2/c1-3-5-6-7-8-9-10-11-14-21-25-23-19-17-22(18-20-23)15-12-13-16-24(26)27-4-2/h3,12-13,15-20,25H,1,4-11,14,21H2,2H3/b15-12+,16-13+. The molecule has 0 saturated heterocycles. The smallest absolute Gasteiger partial charge is 0.330 e. The van der Waals surface area contributed by atoms with Gasteiger partial charge in [-0.15, -0.1) is 6.58 Å². The van der Waals surface area contributed by atoms with Crippen LogP contribution < -0.4 is 5.32 Å². The van der Waals surface area contributed by atoms with Crippen LogP contribution in [0, 0.1) is 0 Å². The molecule has 0 radical (unpaired) electrons. The van der Waals surface area contributed by atoms with Crippen molar-refractivity contribution in [2.24, 2.45) is 0 Å². The molecule has 1 aromatic carbocycles. The van der Waals surface area contributed by atoms with Gasteiger partial charge in [0.2, 0.25) is 0 Å². The quantitative estimate of drug-likeness (QED) is 0.125. The Balaban J connectivity index is 2.12. The molecule has 0 aromatic heterocycles. The molecular formula is C24H35NO2. The van der Waals surface area contributed by atoms with Gasteiger partial charge in [-0.25, -0.2) is 4.79 Å². The third kappa shape index (κ3) is 12.7. The van der Waals surface area contributed by atoms with Crippen molar-refractivity contribution in [3.63, 3.8) is 0 Å². The molecule has 3 nitrogen and oxygen atoms in total. The van der Waals surface area contributed by atoms with E-state index in [2.05, 4.69) is 36.2 Å². The number of hydrogen-bond donors (Lipinski definition) is 1. The summed E-state index contributed by atoms with van der Waals surface area (Å²) in [5.74, 6) is -0.311. The van der Waals surface area contributed by atoms with E-state index < -0.39 is 0 Å². The van der Waals surface area contributed by atoms with Crippen LogP contribution >= 0.6 is 0 Å². The lowest BCUT2D eigenvalue weighted by molar-refractivity contribution is -0.137. The van der Waals surface area contributed by atoms with Gasteiger partial charge in [0.15, 0.2) is 0 Å². The first-order valence-corrected chi connectivity index (χ1v) is 10.2. The summed E-state index contributed by atoms with van der Waals surface area (Å²) in [5.41, 5.74) is 2.25. The molecule has 27 heavy (non-hydrogen) atoms. The summed E-state index contributed by atoms with van der Waals surface area (Å²) in [7, 11) is 0. The zero-order valence-electron chi connectivity index (χ0n) is 16.8. The minimum Gasteiger partial charge on any atom is -0.463 e. The highest BCUT2D eigenvalue weighted by Crippen LogP contribution is 2.12. The Morgan fingerprint density at radius 1 is 1.00 bits per heavy atom. The highest BCUT2D eigenvalue weighted by atomic mass is 16.5. The van der Waals surface area contributed by atoms with Crippen LogP contribution in [0.2, 0.25) is 0 Å². The molecule has 0 amide bonds. The maximum Gasteiger partial charge on any atom is 0.330 e. The van der Waals surface area contributed by atoms with Gasteiger partial charge in [0.05, 0.1) is 6.61 Å². The first-order valence-electron chi connectivity index (χ1n) is 10.2. The number of nitrogens with one attached hydrogen (secondary N) is 1. The van der Waals surface area contributed by atoms with E-state index in [1.807, 2.05) is 18.2 Å². The predicted octanol–water partition coefficient (Wildman–Crippen LogP) is 6.54. The number of carbonyl (C=O) groups is 1. The minimum atomic E-state index is -0.311. The van der Waals surface area contributed by atoms with Crippen LogP contribution in [0.15, 0.2) is 55.1 Å². The second kappa shape index (κ2) is 15.9. The van der Waals surface area contributed by atoms with Gasteiger partial charge in [-0.05, 0) is 43.9 Å². The summed E-state index contributed by atoms with van der Waals surface area (Å²) in [5, 5.41) is 3.48. The summed E-state index contributed by atoms with van der Waals surface area (Å²) in [4.78, 5) is 11.2. The SMILES string of the molecule is C=CCCCCCCCCCNc1ccc(/C=C/C=C/C(=O)OCC)cc1. The first kappa shape index (κ1) is 22.8. The Morgan fingerprint density at radius 3 is 2.33 bits per heavy atom. The Kier molecular flexibility index (Phi) is 13.4. The van der Waals surface area contributed by atoms with Crippen molar-refractivity contribution in [3.05, 3.63) is 60.7 Å². The summed E-state index contributed by atoms with van der Waals surface area (Å²) in [6.45, 7) is 6.98. The third-order valence-corrected chi connectivity index (χ3v) is 4.24. The molecule has 0 aliphatic carbocycles. The minimum absolute atomic E-state index is 0.311. The van der Waals surface area contributed by atoms with Gasteiger partial charge in [-0.3, -0.25) is 0 Å². The van der Waals surface area contributed by atoms with E-state index in [0.717, 1.165) is 24.2 Å². The van der Waals surface area contributed by atoms with E-state index in [-0.39, 0.29) is 5.97 Å². The maximum absolute atomic E-state index is 11.2. The summed E-state index contributed by atoms with van der Waals surface area (Å²) < 4.78 is 4.83. The molecular weight excluding hydrogens is 334 g/mol. The molecule has 0 aliphatic rings. The topological polar surface area (TPSA) is 38.3 Å². The van der Waals surface area contributed by atoms with Crippen molar-refractivity contribution in [2.45, 2.75) is 58.3 Å². The largest absolute Gasteiger partial charge is 0.463 e. The fourth-order valence-corrected chi connectivity index (χ4v) is 2.73. The number of esters is 1. The number of unbranched alkanes of at least 4 members (excludes halogenated alkanes) is 7. The number of carbonyl (C=O) groups excluding carboxylic acids is 1. The normalized spacial score (nSPS) is 11.1. The van der Waals surface area contributed by atoms with Crippen LogP contribution in [0.25, 0.3) is 6.08 Å². The van der Waals surface area contributed by atoms with Crippen LogP contribution in [0.4, 0.5) is 5.69 Å². The molecule has 3 heteroatoms. The van der Waals surface area contributed by atoms with E-state index in [0.29, 0.717) is 6.61 Å².